The van der Waals surface area contributed by atoms with Crippen LogP contribution in [0.1, 0.15) is 22.8 Å². The fourth-order valence-electron chi connectivity index (χ4n) is 4.27. The van der Waals surface area contributed by atoms with Gasteiger partial charge in [-0.25, -0.2) is 9.18 Å². The van der Waals surface area contributed by atoms with E-state index in [1.54, 1.807) is 21.9 Å². The van der Waals surface area contributed by atoms with E-state index in [1.165, 1.54) is 18.1 Å². The lowest BCUT2D eigenvalue weighted by Gasteiger charge is -2.30. The van der Waals surface area contributed by atoms with Gasteiger partial charge in [0.15, 0.2) is 0 Å². The molecule has 1 aliphatic heterocycles. The van der Waals surface area contributed by atoms with Crippen molar-refractivity contribution in [2.75, 3.05) is 64.7 Å². The number of anilines is 1. The number of nitrogens with zero attached hydrogens (tertiary/aromatic N) is 3. The first-order valence-corrected chi connectivity index (χ1v) is 13.0. The number of aliphatic hydroxyl groups excluding tert-OH is 1. The Balaban J connectivity index is 1.77. The van der Waals surface area contributed by atoms with Crippen LogP contribution in [0.2, 0.25) is 5.02 Å². The van der Waals surface area contributed by atoms with E-state index in [2.05, 4.69) is 5.32 Å². The number of nitrogens with one attached hydrogen (secondary N) is 1. The Morgan fingerprint density at radius 1 is 1.18 bits per heavy atom. The predicted molar refractivity (Wildman–Crippen MR) is 145 cm³/mol. The molecule has 0 radical (unpaired) electrons. The summed E-state index contributed by atoms with van der Waals surface area (Å²) in [6.07, 6.45) is 0. The normalized spacial score (nSPS) is 14.8. The van der Waals surface area contributed by atoms with Crippen LogP contribution in [-0.4, -0.2) is 98.6 Å². The van der Waals surface area contributed by atoms with Crippen LogP contribution in [0.15, 0.2) is 42.5 Å². The molecule has 0 spiro atoms. The minimum atomic E-state index is -0.699. The number of para-hydroxylation sites is 1. The van der Waals surface area contributed by atoms with Crippen molar-refractivity contribution in [1.29, 1.82) is 0 Å². The van der Waals surface area contributed by atoms with Gasteiger partial charge in [0, 0.05) is 45.0 Å². The fraction of sp³-hybridized carbons (Fsp3) is 0.444. The number of carbonyl (C=O) groups excluding carboxylic acids is 3. The number of rotatable bonds is 11. The van der Waals surface area contributed by atoms with Gasteiger partial charge in [-0.2, -0.15) is 0 Å². The van der Waals surface area contributed by atoms with Gasteiger partial charge in [-0.15, -0.1) is 0 Å². The minimum absolute atomic E-state index is 0.0836. The molecule has 1 heterocycles. The molecule has 0 saturated carbocycles. The van der Waals surface area contributed by atoms with Gasteiger partial charge in [-0.1, -0.05) is 29.8 Å². The Bertz CT molecular complexity index is 1150. The van der Waals surface area contributed by atoms with Crippen LogP contribution in [0.25, 0.3) is 0 Å². The lowest BCUT2D eigenvalue weighted by Crippen LogP contribution is -2.50. The third-order valence-electron chi connectivity index (χ3n) is 6.30. The first-order chi connectivity index (χ1) is 18.8. The van der Waals surface area contributed by atoms with E-state index in [1.807, 2.05) is 31.2 Å². The highest BCUT2D eigenvalue weighted by Gasteiger charge is 2.32. The summed E-state index contributed by atoms with van der Waals surface area (Å²) < 4.78 is 23.2. The fourth-order valence-corrected chi connectivity index (χ4v) is 4.52. The van der Waals surface area contributed by atoms with Gasteiger partial charge in [0.1, 0.15) is 19.0 Å². The summed E-state index contributed by atoms with van der Waals surface area (Å²) in [5, 5.41) is 11.8. The molecule has 12 heteroatoms. The van der Waals surface area contributed by atoms with Crippen LogP contribution in [0, 0.1) is 0 Å². The van der Waals surface area contributed by atoms with Gasteiger partial charge in [-0.05, 0) is 36.8 Å². The highest BCUT2D eigenvalue weighted by Crippen LogP contribution is 2.31. The van der Waals surface area contributed by atoms with Crippen molar-refractivity contribution in [2.45, 2.75) is 19.5 Å². The summed E-state index contributed by atoms with van der Waals surface area (Å²) in [4.78, 5) is 43.9. The van der Waals surface area contributed by atoms with Crippen molar-refractivity contribution in [2.24, 2.45) is 0 Å². The number of alkyl halides is 1. The Kier molecular flexibility index (Phi) is 11.3. The highest BCUT2D eigenvalue weighted by molar-refractivity contribution is 6.34. The highest BCUT2D eigenvalue weighted by atomic mass is 35.5. The molecule has 2 N–H and O–H groups in total. The Morgan fingerprint density at radius 3 is 2.64 bits per heavy atom. The standard InChI is InChI=1S/C27H34ClFN4O6/c1-19-17-33(26(36)22-8-7-21(15-23(22)28)39-14-12-34)24-6-4-3-5-20(24)18-32(19)27(37)30-16-25(35)31(10-9-29)11-13-38-2/h3-8,15,19,34H,9-14,16-18H2,1-2H3,(H,30,37)/t19-/m1/s1. The molecule has 3 rings (SSSR count). The van der Waals surface area contributed by atoms with Crippen LogP contribution < -0.4 is 15.0 Å². The quantitative estimate of drug-likeness (QED) is 0.434. The number of benzene rings is 2. The third kappa shape index (κ3) is 7.81. The second kappa shape index (κ2) is 14.7. The van der Waals surface area contributed by atoms with E-state index >= 15 is 0 Å². The Morgan fingerprint density at radius 2 is 1.95 bits per heavy atom. The van der Waals surface area contributed by atoms with Crippen molar-refractivity contribution in [3.05, 3.63) is 58.6 Å². The molecule has 0 aliphatic carbocycles. The molecule has 4 amide bonds. The third-order valence-corrected chi connectivity index (χ3v) is 6.61. The first-order valence-electron chi connectivity index (χ1n) is 12.6. The Hall–Kier alpha value is -3.41. The first kappa shape index (κ1) is 30.1. The summed E-state index contributed by atoms with van der Waals surface area (Å²) in [6, 6.07) is 11.1. The van der Waals surface area contributed by atoms with Gasteiger partial charge in [-0.3, -0.25) is 9.59 Å². The molecule has 1 atom stereocenters. The Labute approximate surface area is 232 Å². The molecule has 2 aromatic rings. The average molecular weight is 565 g/mol. The molecule has 39 heavy (non-hydrogen) atoms. The minimum Gasteiger partial charge on any atom is -0.491 e. The monoisotopic (exact) mass is 564 g/mol. The van der Waals surface area contributed by atoms with Gasteiger partial charge in [0.25, 0.3) is 5.91 Å². The molecule has 2 aromatic carbocycles. The van der Waals surface area contributed by atoms with Gasteiger partial charge >= 0.3 is 6.03 Å². The molecule has 0 aromatic heterocycles. The summed E-state index contributed by atoms with van der Waals surface area (Å²) in [5.41, 5.74) is 1.66. The average Bonchev–Trinajstić information content (AvgIpc) is 3.08. The molecule has 1 aliphatic rings. The van der Waals surface area contributed by atoms with Crippen LogP contribution in [-0.2, 0) is 16.1 Å². The summed E-state index contributed by atoms with van der Waals surface area (Å²) in [6.45, 7) is 1.55. The largest absolute Gasteiger partial charge is 0.491 e. The lowest BCUT2D eigenvalue weighted by atomic mass is 10.1. The summed E-state index contributed by atoms with van der Waals surface area (Å²) >= 11 is 6.42. The number of amides is 4. The second-order valence-corrected chi connectivity index (χ2v) is 9.36. The maximum absolute atomic E-state index is 13.7. The molecule has 0 saturated heterocycles. The van der Waals surface area contributed by atoms with Crippen molar-refractivity contribution in [3.8, 4) is 5.75 Å². The number of aliphatic hydroxyl groups is 1. The second-order valence-electron chi connectivity index (χ2n) is 8.96. The lowest BCUT2D eigenvalue weighted by molar-refractivity contribution is -0.131. The zero-order valence-electron chi connectivity index (χ0n) is 22.1. The van der Waals surface area contributed by atoms with Gasteiger partial charge in [0.05, 0.1) is 30.3 Å². The van der Waals surface area contributed by atoms with E-state index in [0.717, 1.165) is 5.56 Å². The molecule has 212 valence electrons. The van der Waals surface area contributed by atoms with Gasteiger partial charge in [0.2, 0.25) is 5.91 Å². The summed E-state index contributed by atoms with van der Waals surface area (Å²) in [5.74, 6) is -0.329. The number of methoxy groups -OCH3 is 1. The smallest absolute Gasteiger partial charge is 0.318 e. The SMILES string of the molecule is COCCN(CCF)C(=O)CNC(=O)N1Cc2ccccc2N(C(=O)c2ccc(OCCO)cc2Cl)C[C@H]1C. The number of ether oxygens (including phenoxy) is 2. The predicted octanol–water partition coefficient (Wildman–Crippen LogP) is 2.72. The van der Waals surface area contributed by atoms with E-state index in [9.17, 15) is 18.8 Å². The summed E-state index contributed by atoms with van der Waals surface area (Å²) in [7, 11) is 1.49. The van der Waals surface area contributed by atoms with E-state index < -0.39 is 24.7 Å². The van der Waals surface area contributed by atoms with Gasteiger partial charge < -0.3 is 34.6 Å². The van der Waals surface area contributed by atoms with Crippen molar-refractivity contribution in [1.82, 2.24) is 15.1 Å². The molecule has 0 bridgehead atoms. The molecular formula is C27H34ClFN4O6. The molecule has 10 nitrogen and oxygen atoms in total. The number of fused-ring (bicyclic) bond motifs is 1. The van der Waals surface area contributed by atoms with E-state index in [-0.39, 0.29) is 69.0 Å². The number of hydrogen-bond acceptors (Lipinski definition) is 6. The maximum atomic E-state index is 13.7. The van der Waals surface area contributed by atoms with Crippen molar-refractivity contribution < 1.29 is 33.4 Å². The van der Waals surface area contributed by atoms with Crippen LogP contribution >= 0.6 is 11.6 Å². The van der Waals surface area contributed by atoms with E-state index in [0.29, 0.717) is 11.4 Å². The zero-order valence-corrected chi connectivity index (χ0v) is 22.8. The van der Waals surface area contributed by atoms with Crippen LogP contribution in [0.5, 0.6) is 5.75 Å². The number of halogens is 2. The van der Waals surface area contributed by atoms with Crippen LogP contribution in [0.3, 0.4) is 0 Å². The van der Waals surface area contributed by atoms with Crippen molar-refractivity contribution in [3.63, 3.8) is 0 Å². The van der Waals surface area contributed by atoms with E-state index in [4.69, 9.17) is 26.2 Å². The topological polar surface area (TPSA) is 112 Å². The molecule has 0 unspecified atom stereocenters. The van der Waals surface area contributed by atoms with Crippen LogP contribution in [0.4, 0.5) is 14.9 Å². The zero-order chi connectivity index (χ0) is 28.4. The number of urea groups is 1. The number of hydrogen-bond donors (Lipinski definition) is 2. The molecule has 0 fully saturated rings. The number of carbonyl (C=O) groups is 3. The molecular weight excluding hydrogens is 531 g/mol. The maximum Gasteiger partial charge on any atom is 0.318 e. The van der Waals surface area contributed by atoms with Crippen molar-refractivity contribution >= 4 is 35.1 Å².